The van der Waals surface area contributed by atoms with Crippen molar-refractivity contribution in [3.05, 3.63) is 22.7 Å². The Morgan fingerprint density at radius 1 is 1.29 bits per heavy atom. The predicted molar refractivity (Wildman–Crippen MR) is 74.8 cm³/mol. The first-order valence-electron chi connectivity index (χ1n) is 5.97. The first-order valence-corrected chi connectivity index (χ1v) is 6.76. The molecule has 0 aliphatic carbocycles. The Bertz CT molecular complexity index is 376. The number of nitrogens with zero attached hydrogens (tertiary/aromatic N) is 1. The molecule has 1 heterocycles. The molecule has 1 aromatic carbocycles. The Labute approximate surface area is 111 Å². The van der Waals surface area contributed by atoms with Gasteiger partial charge in [0.15, 0.2) is 0 Å². The molecule has 0 aromatic heterocycles. The lowest BCUT2D eigenvalue weighted by Gasteiger charge is -2.30. The maximum atomic E-state index is 5.26. The largest absolute Gasteiger partial charge is 0.497 e. The maximum absolute atomic E-state index is 5.26. The maximum Gasteiger partial charge on any atom is 0.122 e. The fraction of sp³-hybridized carbons (Fsp3) is 0.538. The van der Waals surface area contributed by atoms with Gasteiger partial charge in [-0.3, -0.25) is 0 Å². The van der Waals surface area contributed by atoms with Crippen molar-refractivity contribution in [2.45, 2.75) is 18.9 Å². The molecule has 0 atom stereocenters. The third kappa shape index (κ3) is 3.61. The first kappa shape index (κ1) is 12.7. The molecule has 3 nitrogen and oxygen atoms in total. The van der Waals surface area contributed by atoms with Gasteiger partial charge in [-0.05, 0) is 45.1 Å². The number of benzene rings is 1. The van der Waals surface area contributed by atoms with Crippen LogP contribution in [0.2, 0.25) is 0 Å². The lowest BCUT2D eigenvalue weighted by atomic mass is 10.1. The van der Waals surface area contributed by atoms with Crippen molar-refractivity contribution >= 4 is 21.6 Å². The highest BCUT2D eigenvalue weighted by atomic mass is 79.9. The Hall–Kier alpha value is -0.740. The lowest BCUT2D eigenvalue weighted by molar-refractivity contribution is 0.264. The highest BCUT2D eigenvalue weighted by Crippen LogP contribution is 2.26. The summed E-state index contributed by atoms with van der Waals surface area (Å²) in [5.74, 6) is 0.884. The SMILES string of the molecule is COc1cc(Br)cc(NC2CCN(C)CC2)c1. The smallest absolute Gasteiger partial charge is 0.122 e. The molecule has 1 N–H and O–H groups in total. The number of hydrogen-bond donors (Lipinski definition) is 1. The highest BCUT2D eigenvalue weighted by Gasteiger charge is 2.16. The quantitative estimate of drug-likeness (QED) is 0.928. The summed E-state index contributed by atoms with van der Waals surface area (Å²) in [7, 11) is 3.87. The van der Waals surface area contributed by atoms with Crippen LogP contribution in [0.25, 0.3) is 0 Å². The molecule has 0 unspecified atom stereocenters. The van der Waals surface area contributed by atoms with E-state index in [1.807, 2.05) is 12.1 Å². The van der Waals surface area contributed by atoms with Crippen molar-refractivity contribution in [3.63, 3.8) is 0 Å². The molecule has 1 fully saturated rings. The van der Waals surface area contributed by atoms with Crippen molar-refractivity contribution in [2.75, 3.05) is 32.6 Å². The second-order valence-corrected chi connectivity index (χ2v) is 5.52. The van der Waals surface area contributed by atoms with E-state index in [2.05, 4.69) is 39.3 Å². The van der Waals surface area contributed by atoms with Gasteiger partial charge < -0.3 is 15.0 Å². The van der Waals surface area contributed by atoms with Gasteiger partial charge in [-0.15, -0.1) is 0 Å². The molecule has 0 bridgehead atoms. The average molecular weight is 299 g/mol. The van der Waals surface area contributed by atoms with Crippen LogP contribution in [0.3, 0.4) is 0 Å². The minimum absolute atomic E-state index is 0.574. The second-order valence-electron chi connectivity index (χ2n) is 4.60. The van der Waals surface area contributed by atoms with Crippen molar-refractivity contribution in [1.29, 1.82) is 0 Å². The number of rotatable bonds is 3. The zero-order chi connectivity index (χ0) is 12.3. The van der Waals surface area contributed by atoms with E-state index in [-0.39, 0.29) is 0 Å². The zero-order valence-electron chi connectivity index (χ0n) is 10.4. The Morgan fingerprint density at radius 2 is 2.00 bits per heavy atom. The molecular weight excluding hydrogens is 280 g/mol. The normalized spacial score (nSPS) is 18.1. The van der Waals surface area contributed by atoms with Crippen LogP contribution in [0, 0.1) is 0 Å². The standard InChI is InChI=1S/C13H19BrN2O/c1-16-5-3-11(4-6-16)15-12-7-10(14)8-13(9-12)17-2/h7-9,11,15H,3-6H2,1-2H3. The van der Waals surface area contributed by atoms with E-state index in [4.69, 9.17) is 4.74 Å². The van der Waals surface area contributed by atoms with Crippen LogP contribution >= 0.6 is 15.9 Å². The van der Waals surface area contributed by atoms with Crippen LogP contribution in [0.1, 0.15) is 12.8 Å². The average Bonchev–Trinajstić information content (AvgIpc) is 2.31. The lowest BCUT2D eigenvalue weighted by Crippen LogP contribution is -2.36. The molecule has 0 saturated carbocycles. The monoisotopic (exact) mass is 298 g/mol. The minimum Gasteiger partial charge on any atom is -0.497 e. The number of methoxy groups -OCH3 is 1. The van der Waals surface area contributed by atoms with E-state index in [0.29, 0.717) is 6.04 Å². The molecule has 0 spiro atoms. The van der Waals surface area contributed by atoms with Crippen molar-refractivity contribution in [3.8, 4) is 5.75 Å². The highest BCUT2D eigenvalue weighted by molar-refractivity contribution is 9.10. The van der Waals surface area contributed by atoms with Crippen molar-refractivity contribution in [2.24, 2.45) is 0 Å². The van der Waals surface area contributed by atoms with Crippen LogP contribution in [0.15, 0.2) is 22.7 Å². The molecule has 0 radical (unpaired) electrons. The molecule has 2 rings (SSSR count). The second kappa shape index (κ2) is 5.74. The summed E-state index contributed by atoms with van der Waals surface area (Å²) in [4.78, 5) is 2.37. The third-order valence-electron chi connectivity index (χ3n) is 3.20. The number of hydrogen-bond acceptors (Lipinski definition) is 3. The topological polar surface area (TPSA) is 24.5 Å². The molecule has 1 aromatic rings. The van der Waals surface area contributed by atoms with E-state index >= 15 is 0 Å². The van der Waals surface area contributed by atoms with Crippen molar-refractivity contribution in [1.82, 2.24) is 4.90 Å². The zero-order valence-corrected chi connectivity index (χ0v) is 12.0. The summed E-state index contributed by atoms with van der Waals surface area (Å²) >= 11 is 3.50. The van der Waals surface area contributed by atoms with Crippen molar-refractivity contribution < 1.29 is 4.74 Å². The molecule has 1 aliphatic rings. The minimum atomic E-state index is 0.574. The number of nitrogens with one attached hydrogen (secondary N) is 1. The Balaban J connectivity index is 2.00. The van der Waals surface area contributed by atoms with Gasteiger partial charge in [0.1, 0.15) is 5.75 Å². The Kier molecular flexibility index (Phi) is 4.29. The summed E-state index contributed by atoms with van der Waals surface area (Å²) in [5.41, 5.74) is 1.13. The molecule has 4 heteroatoms. The number of anilines is 1. The van der Waals surface area contributed by atoms with Crippen LogP contribution < -0.4 is 10.1 Å². The summed E-state index contributed by atoms with van der Waals surface area (Å²) in [6.07, 6.45) is 2.40. The fourth-order valence-corrected chi connectivity index (χ4v) is 2.62. The fourth-order valence-electron chi connectivity index (χ4n) is 2.15. The van der Waals surface area contributed by atoms with E-state index in [0.717, 1.165) is 15.9 Å². The van der Waals surface area contributed by atoms with Gasteiger partial charge in [0, 0.05) is 22.3 Å². The van der Waals surface area contributed by atoms with Crippen LogP contribution in [-0.2, 0) is 0 Å². The van der Waals surface area contributed by atoms with Gasteiger partial charge in [-0.2, -0.15) is 0 Å². The molecule has 1 saturated heterocycles. The summed E-state index contributed by atoms with van der Waals surface area (Å²) in [6, 6.07) is 6.69. The number of halogens is 1. The summed E-state index contributed by atoms with van der Waals surface area (Å²) < 4.78 is 6.31. The van der Waals surface area contributed by atoms with Crippen LogP contribution in [0.5, 0.6) is 5.75 Å². The Morgan fingerprint density at radius 3 is 2.65 bits per heavy atom. The van der Waals surface area contributed by atoms with Crippen LogP contribution in [0.4, 0.5) is 5.69 Å². The summed E-state index contributed by atoms with van der Waals surface area (Å²) in [6.45, 7) is 2.34. The number of piperidine rings is 1. The number of likely N-dealkylation sites (tertiary alicyclic amines) is 1. The molecular formula is C13H19BrN2O. The van der Waals surface area contributed by atoms with E-state index < -0.39 is 0 Å². The van der Waals surface area contributed by atoms with Gasteiger partial charge in [-0.1, -0.05) is 15.9 Å². The van der Waals surface area contributed by atoms with Crippen LogP contribution in [-0.4, -0.2) is 38.2 Å². The predicted octanol–water partition coefficient (Wildman–Crippen LogP) is 2.96. The van der Waals surface area contributed by atoms with Gasteiger partial charge in [-0.25, -0.2) is 0 Å². The van der Waals surface area contributed by atoms with Gasteiger partial charge >= 0.3 is 0 Å². The first-order chi connectivity index (χ1) is 8.17. The summed E-state index contributed by atoms with van der Waals surface area (Å²) in [5, 5.41) is 3.58. The van der Waals surface area contributed by atoms with E-state index in [1.165, 1.54) is 25.9 Å². The van der Waals surface area contributed by atoms with Gasteiger partial charge in [0.2, 0.25) is 0 Å². The third-order valence-corrected chi connectivity index (χ3v) is 3.65. The molecule has 94 valence electrons. The van der Waals surface area contributed by atoms with E-state index in [1.54, 1.807) is 7.11 Å². The molecule has 17 heavy (non-hydrogen) atoms. The molecule has 1 aliphatic heterocycles. The van der Waals surface area contributed by atoms with E-state index in [9.17, 15) is 0 Å². The van der Waals surface area contributed by atoms with Gasteiger partial charge in [0.05, 0.1) is 7.11 Å². The number of ether oxygens (including phenoxy) is 1. The molecule has 0 amide bonds. The van der Waals surface area contributed by atoms with Gasteiger partial charge in [0.25, 0.3) is 0 Å².